The third-order valence-corrected chi connectivity index (χ3v) is 23.6. The second-order valence-electron chi connectivity index (χ2n) is 29.3. The summed E-state index contributed by atoms with van der Waals surface area (Å²) < 4.78 is 0. The number of imidazole rings is 1. The van der Waals surface area contributed by atoms with Gasteiger partial charge in [-0.05, 0) is 119 Å². The number of para-hydroxylation sites is 2. The summed E-state index contributed by atoms with van der Waals surface area (Å²) in [5.41, 5.74) is 22.3. The zero-order valence-corrected chi connectivity index (χ0v) is 63.9. The summed E-state index contributed by atoms with van der Waals surface area (Å²) in [5.74, 6) is -12.4. The molecule has 3 fully saturated rings. The van der Waals surface area contributed by atoms with Gasteiger partial charge in [0.2, 0.25) is 47.3 Å². The van der Waals surface area contributed by atoms with Gasteiger partial charge in [0.1, 0.15) is 59.6 Å². The van der Waals surface area contributed by atoms with Gasteiger partial charge in [0.05, 0.1) is 12.4 Å². The lowest BCUT2D eigenvalue weighted by molar-refractivity contribution is -0.142. The van der Waals surface area contributed by atoms with Crippen LogP contribution in [0.4, 0.5) is 0 Å². The van der Waals surface area contributed by atoms with Crippen molar-refractivity contribution in [2.45, 2.75) is 190 Å². The predicted octanol–water partition coefficient (Wildman–Crippen LogP) is 4.89. The molecule has 588 valence electrons. The monoisotopic (exact) mass is 1540 g/mol. The topological polar surface area (TPSA) is 443 Å². The Morgan fingerprint density at radius 1 is 0.482 bits per heavy atom. The number of carbonyl (C=O) groups is 12. The summed E-state index contributed by atoms with van der Waals surface area (Å²) in [7, 11) is 2.23. The standard InChI is InChI=1S/C80H104N16O12S2/c1-48-33-70(98)54-39-71(99)51(35-52-42-86-59-23-7-5-21-57(52)59)38-72(100)63(40-55-20-15-31-85-55)91-76(104)64(34-49-17-3-2-4-18-49)92-78(106)66(41-56-44-84-47-88-56)94-79(107)68-27-16-32-96(68)80(108)67(46-110-109-45-54)95-77(105)65(36-53-43-87-60-24-8-6-22-58(53)60)93-75(103)62(26-11-14-30-83)90-74(102)61(25-10-13-29-82)89-73(101)50(37-69(48)97)19-9-12-28-81/h2-8,17-18,20-24,31,42-44,47-48,50-51,54,61-68,86-87H,9-16,19,25-30,32-41,45-46,81-83H2,1H3,(H,84,88)(H,89,101)(H,90,102)(H,91,104)(H,92,106)(H,93,103)(H,94,107)(H,95,105)/t48-,50-,51-,54+,61+,62+,63+,64-,65+,66+,67+,68-/m1/s1. The maximum Gasteiger partial charge on any atom is 0.246 e. The molecule has 4 aliphatic rings. The lowest BCUT2D eigenvalue weighted by Crippen LogP contribution is -2.61. The fourth-order valence-corrected chi connectivity index (χ4v) is 17.3. The van der Waals surface area contributed by atoms with Gasteiger partial charge in [-0.3, -0.25) is 62.5 Å². The number of Topliss-reactive ketones (excluding diaryl/α,β-unsaturated/α-hetero) is 4. The maximum atomic E-state index is 15.8. The fraction of sp³-hybridized carbons (Fsp3) is 0.500. The number of ketones is 4. The number of carbonyl (C=O) groups excluding carboxylic acids is 12. The first kappa shape index (κ1) is 82.9. The molecule has 0 saturated carbocycles. The van der Waals surface area contributed by atoms with Crippen molar-refractivity contribution in [1.82, 2.24) is 62.1 Å². The number of H-pyrrole nitrogens is 3. The first-order chi connectivity index (χ1) is 53.3. The van der Waals surface area contributed by atoms with Crippen molar-refractivity contribution in [3.05, 3.63) is 138 Å². The van der Waals surface area contributed by atoms with E-state index in [-0.39, 0.29) is 102 Å². The number of amides is 8. The van der Waals surface area contributed by atoms with E-state index in [0.717, 1.165) is 43.4 Å². The van der Waals surface area contributed by atoms with E-state index in [0.29, 0.717) is 86.0 Å². The Morgan fingerprint density at radius 3 is 1.65 bits per heavy atom. The van der Waals surface area contributed by atoms with Crippen LogP contribution >= 0.6 is 21.6 Å². The number of benzene rings is 3. The van der Waals surface area contributed by atoms with Crippen LogP contribution in [0.15, 0.2) is 121 Å². The Labute approximate surface area is 647 Å². The number of hydrogen-bond acceptors (Lipinski definition) is 19. The predicted molar refractivity (Wildman–Crippen MR) is 422 cm³/mol. The van der Waals surface area contributed by atoms with E-state index in [1.165, 1.54) is 17.4 Å². The molecular formula is C80H104N16O12S2. The van der Waals surface area contributed by atoms with Gasteiger partial charge in [-0.15, -0.1) is 0 Å². The molecule has 12 atom stereocenters. The molecule has 8 amide bonds. The minimum absolute atomic E-state index is 0.00471. The van der Waals surface area contributed by atoms with Gasteiger partial charge in [-0.25, -0.2) is 4.98 Å². The highest BCUT2D eigenvalue weighted by atomic mass is 33.1. The molecule has 10 rings (SSSR count). The number of rotatable bonds is 22. The molecule has 7 heterocycles. The zero-order valence-electron chi connectivity index (χ0n) is 62.3. The van der Waals surface area contributed by atoms with Crippen molar-refractivity contribution in [3.63, 3.8) is 0 Å². The number of unbranched alkanes of at least 4 members (excludes halogenated alkanes) is 3. The second-order valence-corrected chi connectivity index (χ2v) is 31.8. The molecule has 0 aliphatic carbocycles. The first-order valence-corrected chi connectivity index (χ1v) is 41.0. The molecule has 30 heteroatoms. The van der Waals surface area contributed by atoms with E-state index in [1.54, 1.807) is 55.9 Å². The van der Waals surface area contributed by atoms with E-state index in [1.807, 2.05) is 54.6 Å². The Bertz CT molecular complexity index is 4260. The van der Waals surface area contributed by atoms with Crippen molar-refractivity contribution in [1.29, 1.82) is 0 Å². The van der Waals surface area contributed by atoms with E-state index < -0.39 is 155 Å². The van der Waals surface area contributed by atoms with Crippen LogP contribution in [0.25, 0.3) is 21.8 Å². The molecule has 6 aromatic rings. The quantitative estimate of drug-likeness (QED) is 0.0318. The summed E-state index contributed by atoms with van der Waals surface area (Å²) in [6.07, 6.45) is 11.7. The molecule has 16 N–H and O–H groups in total. The number of nitrogens with two attached hydrogens (primary N) is 3. The van der Waals surface area contributed by atoms with Gasteiger partial charge in [0, 0.05) is 158 Å². The third kappa shape index (κ3) is 23.2. The average Bonchev–Trinajstić information content (AvgIpc) is 1.65. The van der Waals surface area contributed by atoms with Crippen LogP contribution in [0.3, 0.4) is 0 Å². The molecular weight excluding hydrogens is 1440 g/mol. The number of aromatic nitrogens is 4. The van der Waals surface area contributed by atoms with E-state index in [4.69, 9.17) is 17.2 Å². The Balaban J connectivity index is 1.09. The number of allylic oxidation sites excluding steroid dienone is 1. The van der Waals surface area contributed by atoms with Crippen LogP contribution in [0.2, 0.25) is 0 Å². The maximum absolute atomic E-state index is 15.8. The van der Waals surface area contributed by atoms with Crippen LogP contribution < -0.4 is 54.4 Å². The highest BCUT2D eigenvalue weighted by Gasteiger charge is 2.43. The van der Waals surface area contributed by atoms with Crippen LogP contribution in [0, 0.1) is 23.7 Å². The normalized spacial score (nSPS) is 25.5. The molecule has 3 aromatic carbocycles. The van der Waals surface area contributed by atoms with Gasteiger partial charge in [-0.1, -0.05) is 108 Å². The highest BCUT2D eigenvalue weighted by Crippen LogP contribution is 2.33. The van der Waals surface area contributed by atoms with Gasteiger partial charge in [0.15, 0.2) is 5.78 Å². The zero-order chi connectivity index (χ0) is 78.1. The SMILES string of the molecule is C[C@@H]1CC(=O)[C@@H]2CSSC[C@H](NC(=O)[C@H](Cc3c[nH]c4ccccc34)NC(=O)[C@H](CCCCN)NC(=O)[C@H](CCCCN)NC(=O)[C@H](CCCCN)CC1=O)C(=O)N1CCC[C@@H]1C(=O)N[C@@H](Cc1cnc[nH]1)C(=O)N[C@H](Cc1ccccc1)C(=O)N[C@@H](CC1=CCC=N1)C(=O)C[C@@H](Cc1c[nH]c3ccccc13)C(=O)C2. The largest absolute Gasteiger partial charge is 0.361 e. The lowest BCUT2D eigenvalue weighted by Gasteiger charge is -2.31. The lowest BCUT2D eigenvalue weighted by atomic mass is 9.82. The Hall–Kier alpha value is -9.62. The number of nitrogens with zero attached hydrogens (tertiary/aromatic N) is 3. The molecule has 0 radical (unpaired) electrons. The minimum atomic E-state index is -1.48. The highest BCUT2D eigenvalue weighted by molar-refractivity contribution is 8.76. The summed E-state index contributed by atoms with van der Waals surface area (Å²) in [5, 5.41) is 22.0. The van der Waals surface area contributed by atoms with Crippen LogP contribution in [-0.2, 0) is 83.2 Å². The molecule has 2 bridgehead atoms. The van der Waals surface area contributed by atoms with E-state index in [2.05, 4.69) is 62.1 Å². The van der Waals surface area contributed by atoms with Crippen molar-refractivity contribution in [2.24, 2.45) is 45.9 Å². The summed E-state index contributed by atoms with van der Waals surface area (Å²) in [4.78, 5) is 203. The smallest absolute Gasteiger partial charge is 0.246 e. The Morgan fingerprint density at radius 2 is 1.03 bits per heavy atom. The van der Waals surface area contributed by atoms with Crippen LogP contribution in [0.5, 0.6) is 0 Å². The van der Waals surface area contributed by atoms with Gasteiger partial charge in [0.25, 0.3) is 0 Å². The number of nitrogens with one attached hydrogen (secondary N) is 10. The van der Waals surface area contributed by atoms with Crippen LogP contribution in [-0.4, -0.2) is 187 Å². The molecule has 0 unspecified atom stereocenters. The van der Waals surface area contributed by atoms with Gasteiger partial charge < -0.3 is 74.3 Å². The molecule has 3 saturated heterocycles. The van der Waals surface area contributed by atoms with Crippen molar-refractivity contribution in [3.8, 4) is 0 Å². The van der Waals surface area contributed by atoms with Crippen molar-refractivity contribution < 1.29 is 57.5 Å². The second kappa shape index (κ2) is 41.4. The number of aromatic amines is 3. The Kier molecular flexibility index (Phi) is 31.2. The molecule has 110 heavy (non-hydrogen) atoms. The minimum Gasteiger partial charge on any atom is -0.361 e. The molecule has 4 aliphatic heterocycles. The number of hydrogen-bond donors (Lipinski definition) is 13. The molecule has 28 nitrogen and oxygen atoms in total. The number of aliphatic imine (C=N–C) groups is 1. The van der Waals surface area contributed by atoms with Crippen molar-refractivity contribution in [2.75, 3.05) is 37.7 Å². The van der Waals surface area contributed by atoms with Crippen LogP contribution in [0.1, 0.15) is 138 Å². The average molecular weight is 1550 g/mol. The van der Waals surface area contributed by atoms with Gasteiger partial charge in [-0.2, -0.15) is 0 Å². The van der Waals surface area contributed by atoms with E-state index >= 15 is 43.2 Å². The van der Waals surface area contributed by atoms with Gasteiger partial charge >= 0.3 is 0 Å². The summed E-state index contributed by atoms with van der Waals surface area (Å²) in [6, 6.07) is 12.9. The molecule has 0 spiro atoms. The first-order valence-electron chi connectivity index (χ1n) is 38.5. The molecule has 3 aromatic heterocycles. The third-order valence-electron chi connectivity index (χ3n) is 21.1. The fourth-order valence-electron chi connectivity index (χ4n) is 14.8. The number of fused-ring (bicyclic) bond motifs is 8. The summed E-state index contributed by atoms with van der Waals surface area (Å²) in [6.45, 7) is 2.44. The summed E-state index contributed by atoms with van der Waals surface area (Å²) >= 11 is 0. The van der Waals surface area contributed by atoms with E-state index in [9.17, 15) is 14.4 Å². The van der Waals surface area contributed by atoms with Crippen molar-refractivity contribution >= 4 is 120 Å².